The van der Waals surface area contributed by atoms with Crippen molar-refractivity contribution in [2.75, 3.05) is 6.54 Å². The van der Waals surface area contributed by atoms with Gasteiger partial charge in [-0.2, -0.15) is 0 Å². The largest absolute Gasteiger partial charge is 0.481 e. The van der Waals surface area contributed by atoms with Crippen molar-refractivity contribution in [2.24, 2.45) is 5.92 Å². The average molecular weight is 127 g/mol. The monoisotopic (exact) mass is 127 g/mol. The fourth-order valence-corrected chi connectivity index (χ4v) is 0.797. The molecule has 3 nitrogen and oxygen atoms in total. The van der Waals surface area contributed by atoms with Crippen LogP contribution in [-0.2, 0) is 4.79 Å². The van der Waals surface area contributed by atoms with E-state index in [1.165, 1.54) is 0 Å². The molecule has 2 N–H and O–H groups in total. The van der Waals surface area contributed by atoms with Crippen molar-refractivity contribution in [3.05, 3.63) is 12.3 Å². The minimum atomic E-state index is -0.716. The molecule has 0 amide bonds. The second-order valence-corrected chi connectivity index (χ2v) is 2.08. The minimum Gasteiger partial charge on any atom is -0.481 e. The Morgan fingerprint density at radius 1 is 1.78 bits per heavy atom. The van der Waals surface area contributed by atoms with E-state index in [9.17, 15) is 4.79 Å². The molecule has 1 rings (SSSR count). The maximum atomic E-state index is 10.3. The Bertz CT molecular complexity index is 142. The maximum absolute atomic E-state index is 10.3. The van der Waals surface area contributed by atoms with Crippen LogP contribution in [0.2, 0.25) is 0 Å². The van der Waals surface area contributed by atoms with Crippen LogP contribution in [0.5, 0.6) is 0 Å². The van der Waals surface area contributed by atoms with Gasteiger partial charge in [-0.25, -0.2) is 0 Å². The van der Waals surface area contributed by atoms with Crippen molar-refractivity contribution < 1.29 is 9.90 Å². The van der Waals surface area contributed by atoms with Crippen molar-refractivity contribution in [2.45, 2.75) is 6.42 Å². The van der Waals surface area contributed by atoms with E-state index in [-0.39, 0.29) is 5.92 Å². The van der Waals surface area contributed by atoms with Crippen LogP contribution in [0.15, 0.2) is 12.3 Å². The molecule has 0 aromatic carbocycles. The normalized spacial score (nSPS) is 25.1. The molecule has 1 unspecified atom stereocenters. The number of hydrogen-bond acceptors (Lipinski definition) is 2. The smallest absolute Gasteiger partial charge is 0.308 e. The summed E-state index contributed by atoms with van der Waals surface area (Å²) in [6.07, 6.45) is 4.28. The fourth-order valence-electron chi connectivity index (χ4n) is 0.797. The number of nitrogens with one attached hydrogen (secondary N) is 1. The van der Waals surface area contributed by atoms with E-state index in [1.807, 2.05) is 6.08 Å². The number of carbonyl (C=O) groups is 1. The molecule has 0 fully saturated rings. The van der Waals surface area contributed by atoms with E-state index >= 15 is 0 Å². The van der Waals surface area contributed by atoms with E-state index in [0.29, 0.717) is 13.0 Å². The zero-order chi connectivity index (χ0) is 6.69. The molecule has 9 heavy (non-hydrogen) atoms. The van der Waals surface area contributed by atoms with Crippen LogP contribution in [0, 0.1) is 5.92 Å². The van der Waals surface area contributed by atoms with Crippen LogP contribution in [0.3, 0.4) is 0 Å². The molecule has 1 heterocycles. The predicted molar refractivity (Wildman–Crippen MR) is 32.9 cm³/mol. The van der Waals surface area contributed by atoms with E-state index < -0.39 is 5.97 Å². The quantitative estimate of drug-likeness (QED) is 0.528. The summed E-state index contributed by atoms with van der Waals surface area (Å²) in [5.74, 6) is -0.943. The molecule has 0 aromatic rings. The molecule has 0 aromatic heterocycles. The van der Waals surface area contributed by atoms with Gasteiger partial charge in [-0.05, 0) is 12.6 Å². The first kappa shape index (κ1) is 6.13. The lowest BCUT2D eigenvalue weighted by Gasteiger charge is -2.13. The summed E-state index contributed by atoms with van der Waals surface area (Å²) in [5.41, 5.74) is 0. The highest BCUT2D eigenvalue weighted by atomic mass is 16.4. The van der Waals surface area contributed by atoms with Crippen LogP contribution in [-0.4, -0.2) is 17.6 Å². The van der Waals surface area contributed by atoms with Gasteiger partial charge in [0.15, 0.2) is 0 Å². The van der Waals surface area contributed by atoms with Crippen molar-refractivity contribution in [3.8, 4) is 0 Å². The van der Waals surface area contributed by atoms with Gasteiger partial charge in [0.1, 0.15) is 0 Å². The molecule has 0 radical (unpaired) electrons. The average Bonchev–Trinajstić information content (AvgIpc) is 1.90. The minimum absolute atomic E-state index is 0.227. The standard InChI is InChI=1S/C6H9NO2/c8-6(9)5-2-1-3-7-4-5/h1,3,5,7H,2,4H2,(H,8,9). The van der Waals surface area contributed by atoms with Gasteiger partial charge in [0.2, 0.25) is 0 Å². The Kier molecular flexibility index (Phi) is 1.72. The lowest BCUT2D eigenvalue weighted by molar-refractivity contribution is -0.141. The van der Waals surface area contributed by atoms with Crippen molar-refractivity contribution in [3.63, 3.8) is 0 Å². The molecule has 50 valence electrons. The summed E-state index contributed by atoms with van der Waals surface area (Å²) >= 11 is 0. The number of carboxylic acids is 1. The van der Waals surface area contributed by atoms with E-state index in [2.05, 4.69) is 5.32 Å². The molecule has 0 bridgehead atoms. The number of allylic oxidation sites excluding steroid dienone is 1. The SMILES string of the molecule is O=C(O)C1CC=CNC1. The van der Waals surface area contributed by atoms with Gasteiger partial charge in [0.05, 0.1) is 5.92 Å². The van der Waals surface area contributed by atoms with Crippen LogP contribution >= 0.6 is 0 Å². The summed E-state index contributed by atoms with van der Waals surface area (Å²) in [6.45, 7) is 0.561. The molecule has 0 aliphatic carbocycles. The van der Waals surface area contributed by atoms with Crippen molar-refractivity contribution in [1.29, 1.82) is 0 Å². The summed E-state index contributed by atoms with van der Waals surface area (Å²) in [6, 6.07) is 0. The Labute approximate surface area is 53.4 Å². The first-order valence-corrected chi connectivity index (χ1v) is 2.92. The highest BCUT2D eigenvalue weighted by molar-refractivity contribution is 5.70. The lowest BCUT2D eigenvalue weighted by Crippen LogP contribution is -2.27. The highest BCUT2D eigenvalue weighted by Gasteiger charge is 2.16. The van der Waals surface area contributed by atoms with Crippen LogP contribution in [0.25, 0.3) is 0 Å². The number of aliphatic carboxylic acids is 1. The van der Waals surface area contributed by atoms with Gasteiger partial charge in [0, 0.05) is 6.54 Å². The summed E-state index contributed by atoms with van der Waals surface area (Å²) in [4.78, 5) is 10.3. The summed E-state index contributed by atoms with van der Waals surface area (Å²) in [7, 11) is 0. The third-order valence-corrected chi connectivity index (χ3v) is 1.37. The second kappa shape index (κ2) is 2.53. The predicted octanol–water partition coefficient (Wildman–Crippen LogP) is 0.194. The molecule has 3 heteroatoms. The lowest BCUT2D eigenvalue weighted by atomic mass is 10.0. The third-order valence-electron chi connectivity index (χ3n) is 1.37. The molecule has 1 aliphatic rings. The summed E-state index contributed by atoms with van der Waals surface area (Å²) < 4.78 is 0. The van der Waals surface area contributed by atoms with Gasteiger partial charge in [0.25, 0.3) is 0 Å². The van der Waals surface area contributed by atoms with Gasteiger partial charge in [-0.3, -0.25) is 4.79 Å². The molecule has 1 atom stereocenters. The molecular formula is C6H9NO2. The van der Waals surface area contributed by atoms with Crippen LogP contribution in [0.4, 0.5) is 0 Å². The van der Waals surface area contributed by atoms with Gasteiger partial charge in [-0.15, -0.1) is 0 Å². The first-order chi connectivity index (χ1) is 4.30. The highest BCUT2D eigenvalue weighted by Crippen LogP contribution is 2.05. The number of rotatable bonds is 1. The Morgan fingerprint density at radius 2 is 2.56 bits per heavy atom. The maximum Gasteiger partial charge on any atom is 0.308 e. The van der Waals surface area contributed by atoms with Gasteiger partial charge < -0.3 is 10.4 Å². The number of carboxylic acid groups (broad SMARTS) is 1. The van der Waals surface area contributed by atoms with Crippen LogP contribution in [0.1, 0.15) is 6.42 Å². The number of hydrogen-bond donors (Lipinski definition) is 2. The van der Waals surface area contributed by atoms with Crippen LogP contribution < -0.4 is 5.32 Å². The van der Waals surface area contributed by atoms with E-state index in [0.717, 1.165) is 0 Å². The van der Waals surface area contributed by atoms with E-state index in [1.54, 1.807) is 6.20 Å². The molecule has 0 saturated heterocycles. The van der Waals surface area contributed by atoms with Crippen molar-refractivity contribution >= 4 is 5.97 Å². The second-order valence-electron chi connectivity index (χ2n) is 2.08. The Morgan fingerprint density at radius 3 is 2.89 bits per heavy atom. The first-order valence-electron chi connectivity index (χ1n) is 2.92. The molecule has 1 aliphatic heterocycles. The zero-order valence-corrected chi connectivity index (χ0v) is 5.00. The Balaban J connectivity index is 2.44. The molecule has 0 saturated carbocycles. The Hall–Kier alpha value is -0.990. The zero-order valence-electron chi connectivity index (χ0n) is 5.00. The van der Waals surface area contributed by atoms with Gasteiger partial charge >= 0.3 is 5.97 Å². The van der Waals surface area contributed by atoms with Gasteiger partial charge in [-0.1, -0.05) is 6.08 Å². The molecular weight excluding hydrogens is 118 g/mol. The molecule has 0 spiro atoms. The van der Waals surface area contributed by atoms with Crippen molar-refractivity contribution in [1.82, 2.24) is 5.32 Å². The summed E-state index contributed by atoms with van der Waals surface area (Å²) in [5, 5.41) is 11.3. The topological polar surface area (TPSA) is 49.3 Å². The van der Waals surface area contributed by atoms with E-state index in [4.69, 9.17) is 5.11 Å². The fraction of sp³-hybridized carbons (Fsp3) is 0.500. The third kappa shape index (κ3) is 1.45.